The number of hydrogen-bond donors (Lipinski definition) is 2. The van der Waals surface area contributed by atoms with Crippen LogP contribution in [-0.2, 0) is 9.47 Å². The summed E-state index contributed by atoms with van der Waals surface area (Å²) in [6, 6.07) is -0.262. The quantitative estimate of drug-likeness (QED) is 0.656. The number of methoxy groups -OCH3 is 2. The Morgan fingerprint density at radius 1 is 1.40 bits per heavy atom. The van der Waals surface area contributed by atoms with Crippen LogP contribution in [0.3, 0.4) is 0 Å². The standard InChI is InChI=1S/C10H20N2O3/c1-5-8(2)6-11-10(13)12-7-9(14-3)15-4/h6,9H,5,7H2,1-4H3,(H2,11,12,13)/b8-6+. The van der Waals surface area contributed by atoms with Crippen LogP contribution >= 0.6 is 0 Å². The molecule has 0 bridgehead atoms. The number of rotatable bonds is 6. The molecule has 0 aromatic rings. The highest BCUT2D eigenvalue weighted by atomic mass is 16.7. The van der Waals surface area contributed by atoms with Crippen molar-refractivity contribution < 1.29 is 14.3 Å². The van der Waals surface area contributed by atoms with Gasteiger partial charge in [0.05, 0.1) is 6.54 Å². The van der Waals surface area contributed by atoms with Crippen molar-refractivity contribution in [3.63, 3.8) is 0 Å². The molecule has 5 nitrogen and oxygen atoms in total. The minimum Gasteiger partial charge on any atom is -0.354 e. The summed E-state index contributed by atoms with van der Waals surface area (Å²) < 4.78 is 9.83. The second-order valence-corrected chi connectivity index (χ2v) is 3.10. The number of allylic oxidation sites excluding steroid dienone is 1. The molecule has 15 heavy (non-hydrogen) atoms. The number of carbonyl (C=O) groups excluding carboxylic acids is 1. The molecule has 0 saturated heterocycles. The summed E-state index contributed by atoms with van der Waals surface area (Å²) in [5.74, 6) is 0. The third kappa shape index (κ3) is 6.93. The minimum atomic E-state index is -0.410. The lowest BCUT2D eigenvalue weighted by Crippen LogP contribution is -2.38. The summed E-state index contributed by atoms with van der Waals surface area (Å²) in [5, 5.41) is 5.23. The molecular weight excluding hydrogens is 196 g/mol. The Labute approximate surface area is 90.8 Å². The molecule has 0 aliphatic heterocycles. The van der Waals surface area contributed by atoms with Crippen LogP contribution in [0.15, 0.2) is 11.8 Å². The van der Waals surface area contributed by atoms with Gasteiger partial charge in [-0.1, -0.05) is 12.5 Å². The van der Waals surface area contributed by atoms with Crippen LogP contribution in [0, 0.1) is 0 Å². The Hall–Kier alpha value is -1.07. The summed E-state index contributed by atoms with van der Waals surface area (Å²) in [5.41, 5.74) is 1.11. The van der Waals surface area contributed by atoms with Gasteiger partial charge in [-0.3, -0.25) is 0 Å². The van der Waals surface area contributed by atoms with Gasteiger partial charge in [-0.2, -0.15) is 0 Å². The number of ether oxygens (including phenoxy) is 2. The van der Waals surface area contributed by atoms with E-state index in [2.05, 4.69) is 10.6 Å². The van der Waals surface area contributed by atoms with Crippen molar-refractivity contribution in [3.8, 4) is 0 Å². The van der Waals surface area contributed by atoms with Crippen molar-refractivity contribution in [1.82, 2.24) is 10.6 Å². The Morgan fingerprint density at radius 3 is 2.47 bits per heavy atom. The van der Waals surface area contributed by atoms with Gasteiger partial charge in [0.2, 0.25) is 0 Å². The molecule has 0 rings (SSSR count). The molecule has 0 unspecified atom stereocenters. The van der Waals surface area contributed by atoms with Gasteiger partial charge >= 0.3 is 6.03 Å². The van der Waals surface area contributed by atoms with Crippen LogP contribution < -0.4 is 10.6 Å². The van der Waals surface area contributed by atoms with E-state index in [9.17, 15) is 4.79 Å². The fourth-order valence-corrected chi connectivity index (χ4v) is 0.781. The smallest absolute Gasteiger partial charge is 0.318 e. The summed E-state index contributed by atoms with van der Waals surface area (Å²) in [6.07, 6.45) is 2.19. The lowest BCUT2D eigenvalue weighted by Gasteiger charge is -2.13. The maximum atomic E-state index is 11.2. The molecular formula is C10H20N2O3. The van der Waals surface area contributed by atoms with E-state index in [0.29, 0.717) is 6.54 Å². The van der Waals surface area contributed by atoms with E-state index in [1.807, 2.05) is 13.8 Å². The first-order valence-electron chi connectivity index (χ1n) is 4.89. The van der Waals surface area contributed by atoms with Gasteiger partial charge in [-0.15, -0.1) is 0 Å². The van der Waals surface area contributed by atoms with Gasteiger partial charge in [0.25, 0.3) is 0 Å². The van der Waals surface area contributed by atoms with Crippen LogP contribution in [0.2, 0.25) is 0 Å². The predicted molar refractivity (Wildman–Crippen MR) is 58.4 cm³/mol. The van der Waals surface area contributed by atoms with Crippen molar-refractivity contribution in [3.05, 3.63) is 11.8 Å². The predicted octanol–water partition coefficient (Wildman–Crippen LogP) is 1.22. The average Bonchev–Trinajstić information content (AvgIpc) is 2.27. The summed E-state index contributed by atoms with van der Waals surface area (Å²) in [7, 11) is 3.05. The highest BCUT2D eigenvalue weighted by Crippen LogP contribution is 1.94. The topological polar surface area (TPSA) is 59.6 Å². The zero-order chi connectivity index (χ0) is 11.7. The molecule has 0 radical (unpaired) electrons. The lowest BCUT2D eigenvalue weighted by atomic mass is 10.3. The zero-order valence-corrected chi connectivity index (χ0v) is 9.79. The maximum absolute atomic E-state index is 11.2. The molecule has 2 N–H and O–H groups in total. The minimum absolute atomic E-state index is 0.262. The monoisotopic (exact) mass is 216 g/mol. The number of amides is 2. The Morgan fingerprint density at radius 2 is 2.00 bits per heavy atom. The Kier molecular flexibility index (Phi) is 7.67. The molecule has 0 aliphatic carbocycles. The van der Waals surface area contributed by atoms with Crippen molar-refractivity contribution in [2.24, 2.45) is 0 Å². The fourth-order valence-electron chi connectivity index (χ4n) is 0.781. The van der Waals surface area contributed by atoms with Crippen molar-refractivity contribution >= 4 is 6.03 Å². The molecule has 88 valence electrons. The molecule has 0 saturated carbocycles. The number of urea groups is 1. The van der Waals surface area contributed by atoms with Crippen LogP contribution in [-0.4, -0.2) is 33.1 Å². The van der Waals surface area contributed by atoms with Gasteiger partial charge < -0.3 is 20.1 Å². The molecule has 0 fully saturated rings. The van der Waals surface area contributed by atoms with Crippen LogP contribution in [0.1, 0.15) is 20.3 Å². The van der Waals surface area contributed by atoms with Crippen molar-refractivity contribution in [1.29, 1.82) is 0 Å². The summed E-state index contributed by atoms with van der Waals surface area (Å²) in [4.78, 5) is 11.2. The third-order valence-electron chi connectivity index (χ3n) is 1.96. The van der Waals surface area contributed by atoms with E-state index >= 15 is 0 Å². The van der Waals surface area contributed by atoms with Crippen LogP contribution in [0.25, 0.3) is 0 Å². The molecule has 0 atom stereocenters. The molecule has 0 aromatic carbocycles. The molecule has 2 amide bonds. The fraction of sp³-hybridized carbons (Fsp3) is 0.700. The highest BCUT2D eigenvalue weighted by Gasteiger charge is 2.06. The van der Waals surface area contributed by atoms with E-state index < -0.39 is 6.29 Å². The van der Waals surface area contributed by atoms with Crippen molar-refractivity contribution in [2.75, 3.05) is 20.8 Å². The molecule has 0 aliphatic rings. The van der Waals surface area contributed by atoms with Gasteiger partial charge in [0.15, 0.2) is 6.29 Å². The average molecular weight is 216 g/mol. The van der Waals surface area contributed by atoms with E-state index in [1.54, 1.807) is 6.20 Å². The van der Waals surface area contributed by atoms with Crippen LogP contribution in [0.5, 0.6) is 0 Å². The summed E-state index contributed by atoms with van der Waals surface area (Å²) in [6.45, 7) is 4.29. The van der Waals surface area contributed by atoms with E-state index in [-0.39, 0.29) is 6.03 Å². The SMILES string of the molecule is CC/C(C)=C/NC(=O)NCC(OC)OC. The van der Waals surface area contributed by atoms with E-state index in [4.69, 9.17) is 9.47 Å². The van der Waals surface area contributed by atoms with E-state index in [1.165, 1.54) is 14.2 Å². The van der Waals surface area contributed by atoms with Gasteiger partial charge in [-0.25, -0.2) is 4.79 Å². The zero-order valence-electron chi connectivity index (χ0n) is 9.79. The van der Waals surface area contributed by atoms with E-state index in [0.717, 1.165) is 12.0 Å². The molecule has 0 aromatic heterocycles. The van der Waals surface area contributed by atoms with Gasteiger partial charge in [0.1, 0.15) is 0 Å². The number of nitrogens with one attached hydrogen (secondary N) is 2. The van der Waals surface area contributed by atoms with Gasteiger partial charge in [0, 0.05) is 20.4 Å². The molecule has 0 spiro atoms. The first-order valence-corrected chi connectivity index (χ1v) is 4.89. The first-order chi connectivity index (χ1) is 7.13. The second-order valence-electron chi connectivity index (χ2n) is 3.10. The second kappa shape index (κ2) is 8.26. The third-order valence-corrected chi connectivity index (χ3v) is 1.96. The normalized spacial score (nSPS) is 11.7. The highest BCUT2D eigenvalue weighted by molar-refractivity contribution is 5.74. The maximum Gasteiger partial charge on any atom is 0.318 e. The van der Waals surface area contributed by atoms with Crippen molar-refractivity contribution in [2.45, 2.75) is 26.6 Å². The Balaban J connectivity index is 3.75. The molecule has 0 heterocycles. The van der Waals surface area contributed by atoms with Gasteiger partial charge in [-0.05, 0) is 13.3 Å². The first kappa shape index (κ1) is 13.9. The number of hydrogen-bond acceptors (Lipinski definition) is 3. The summed E-state index contributed by atoms with van der Waals surface area (Å²) >= 11 is 0. The number of carbonyl (C=O) groups is 1. The molecule has 5 heteroatoms. The van der Waals surface area contributed by atoms with Crippen LogP contribution in [0.4, 0.5) is 4.79 Å². The Bertz CT molecular complexity index is 213. The largest absolute Gasteiger partial charge is 0.354 e. The lowest BCUT2D eigenvalue weighted by molar-refractivity contribution is -0.0971.